The maximum Gasteiger partial charge on any atom is 0.195 e. The van der Waals surface area contributed by atoms with E-state index in [0.717, 1.165) is 17.4 Å². The van der Waals surface area contributed by atoms with Crippen LogP contribution in [0.4, 0.5) is 4.39 Å². The largest absolute Gasteiger partial charge is 0.293 e. The lowest BCUT2D eigenvalue weighted by atomic mass is 10.1. The molecule has 1 aromatic carbocycles. The predicted octanol–water partition coefficient (Wildman–Crippen LogP) is 2.54. The molecule has 6 heteroatoms. The van der Waals surface area contributed by atoms with Crippen molar-refractivity contribution >= 4 is 27.0 Å². The molecule has 0 aliphatic heterocycles. The number of benzene rings is 1. The van der Waals surface area contributed by atoms with E-state index >= 15 is 0 Å². The topological polar surface area (TPSA) is 51.2 Å². The molecule has 3 nitrogen and oxygen atoms in total. The van der Waals surface area contributed by atoms with E-state index < -0.39 is 27.2 Å². The highest BCUT2D eigenvalue weighted by atomic mass is 32.2. The highest BCUT2D eigenvalue weighted by molar-refractivity contribution is 7.94. The number of hydrogen-bond donors (Lipinski definition) is 0. The molecule has 0 saturated carbocycles. The Labute approximate surface area is 108 Å². The van der Waals surface area contributed by atoms with E-state index in [4.69, 9.17) is 0 Å². The van der Waals surface area contributed by atoms with Crippen molar-refractivity contribution < 1.29 is 17.6 Å². The first-order valence-corrected chi connectivity index (χ1v) is 7.57. The maximum atomic E-state index is 12.9. The van der Waals surface area contributed by atoms with E-state index in [1.165, 1.54) is 24.3 Å². The summed E-state index contributed by atoms with van der Waals surface area (Å²) in [7, 11) is -3.63. The zero-order valence-electron chi connectivity index (χ0n) is 9.17. The van der Waals surface area contributed by atoms with Crippen molar-refractivity contribution in [1.82, 2.24) is 0 Å². The van der Waals surface area contributed by atoms with Gasteiger partial charge in [-0.3, -0.25) is 4.79 Å². The number of Topliss-reactive ketones (excluding diaryl/α,β-unsaturated/α-hetero) is 1. The Morgan fingerprint density at radius 3 is 2.61 bits per heavy atom. The van der Waals surface area contributed by atoms with Crippen LogP contribution in [0.25, 0.3) is 0 Å². The monoisotopic (exact) mass is 284 g/mol. The van der Waals surface area contributed by atoms with Crippen LogP contribution in [-0.4, -0.2) is 20.0 Å². The molecule has 0 radical (unpaired) electrons. The highest BCUT2D eigenvalue weighted by Gasteiger charge is 2.21. The van der Waals surface area contributed by atoms with Gasteiger partial charge in [0.05, 0.1) is 0 Å². The standard InChI is InChI=1S/C12H9FO3S2/c13-10-4-1-3-9(7-10)11(14)8-18(15,16)12-5-2-6-17-12/h1-7H,8H2. The summed E-state index contributed by atoms with van der Waals surface area (Å²) in [5.74, 6) is -1.81. The van der Waals surface area contributed by atoms with Gasteiger partial charge in [-0.25, -0.2) is 12.8 Å². The van der Waals surface area contributed by atoms with E-state index in [-0.39, 0.29) is 9.77 Å². The van der Waals surface area contributed by atoms with Gasteiger partial charge in [-0.2, -0.15) is 0 Å². The van der Waals surface area contributed by atoms with Crippen LogP contribution >= 0.6 is 11.3 Å². The smallest absolute Gasteiger partial charge is 0.195 e. The van der Waals surface area contributed by atoms with Crippen LogP contribution in [0.5, 0.6) is 0 Å². The molecule has 18 heavy (non-hydrogen) atoms. The molecule has 0 spiro atoms. The van der Waals surface area contributed by atoms with Crippen molar-refractivity contribution in [1.29, 1.82) is 0 Å². The van der Waals surface area contributed by atoms with Crippen LogP contribution < -0.4 is 0 Å². The molecule has 0 fully saturated rings. The number of carbonyl (C=O) groups excluding carboxylic acids is 1. The van der Waals surface area contributed by atoms with E-state index in [9.17, 15) is 17.6 Å². The summed E-state index contributed by atoms with van der Waals surface area (Å²) in [4.78, 5) is 11.8. The van der Waals surface area contributed by atoms with Crippen LogP contribution in [0.2, 0.25) is 0 Å². The van der Waals surface area contributed by atoms with Crippen LogP contribution in [0.15, 0.2) is 46.0 Å². The first-order valence-electron chi connectivity index (χ1n) is 5.04. The van der Waals surface area contributed by atoms with Gasteiger partial charge in [-0.05, 0) is 23.6 Å². The van der Waals surface area contributed by atoms with Gasteiger partial charge in [-0.1, -0.05) is 18.2 Å². The van der Waals surface area contributed by atoms with Gasteiger partial charge in [0, 0.05) is 5.56 Å². The van der Waals surface area contributed by atoms with Gasteiger partial charge < -0.3 is 0 Å². The molecule has 0 aliphatic carbocycles. The van der Waals surface area contributed by atoms with E-state index in [0.29, 0.717) is 0 Å². The van der Waals surface area contributed by atoms with Gasteiger partial charge in [0.1, 0.15) is 15.8 Å². The van der Waals surface area contributed by atoms with Crippen molar-refractivity contribution in [3.8, 4) is 0 Å². The molecule has 0 amide bonds. The maximum absolute atomic E-state index is 12.9. The molecule has 94 valence electrons. The van der Waals surface area contributed by atoms with E-state index in [2.05, 4.69) is 0 Å². The molecule has 1 aromatic heterocycles. The average Bonchev–Trinajstić information content (AvgIpc) is 2.82. The SMILES string of the molecule is O=C(CS(=O)(=O)c1cccs1)c1cccc(F)c1. The fourth-order valence-corrected chi connectivity index (χ4v) is 3.75. The molecule has 2 aromatic rings. The van der Waals surface area contributed by atoms with Crippen molar-refractivity contribution in [2.24, 2.45) is 0 Å². The zero-order chi connectivity index (χ0) is 13.2. The van der Waals surface area contributed by atoms with Gasteiger partial charge in [-0.15, -0.1) is 11.3 Å². The first kappa shape index (κ1) is 12.9. The van der Waals surface area contributed by atoms with Crippen molar-refractivity contribution in [3.05, 3.63) is 53.2 Å². The molecule has 0 unspecified atom stereocenters. The van der Waals surface area contributed by atoms with Crippen LogP contribution in [0.3, 0.4) is 0 Å². The van der Waals surface area contributed by atoms with Crippen LogP contribution in [0, 0.1) is 5.82 Å². The normalized spacial score (nSPS) is 11.4. The predicted molar refractivity (Wildman–Crippen MR) is 67.1 cm³/mol. The van der Waals surface area contributed by atoms with Crippen molar-refractivity contribution in [3.63, 3.8) is 0 Å². The number of thiophene rings is 1. The second-order valence-corrected chi connectivity index (χ2v) is 6.79. The molecule has 0 aliphatic rings. The fourth-order valence-electron chi connectivity index (χ4n) is 1.43. The number of ketones is 1. The fraction of sp³-hybridized carbons (Fsp3) is 0.0833. The molecule has 1 heterocycles. The van der Waals surface area contributed by atoms with E-state index in [1.807, 2.05) is 0 Å². The summed E-state index contributed by atoms with van der Waals surface area (Å²) in [5, 5.41) is 1.62. The quantitative estimate of drug-likeness (QED) is 0.811. The Bertz CT molecular complexity index is 660. The van der Waals surface area contributed by atoms with Crippen molar-refractivity contribution in [2.45, 2.75) is 4.21 Å². The number of halogens is 1. The summed E-state index contributed by atoms with van der Waals surface area (Å²) in [6.07, 6.45) is 0. The van der Waals surface area contributed by atoms with Crippen LogP contribution in [0.1, 0.15) is 10.4 Å². The summed E-state index contributed by atoms with van der Waals surface area (Å²) < 4.78 is 36.8. The van der Waals surface area contributed by atoms with Crippen molar-refractivity contribution in [2.75, 3.05) is 5.75 Å². The Hall–Kier alpha value is -1.53. The first-order chi connectivity index (χ1) is 8.49. The number of carbonyl (C=O) groups is 1. The molecule has 0 bridgehead atoms. The average molecular weight is 284 g/mol. The number of sulfone groups is 1. The number of rotatable bonds is 4. The van der Waals surface area contributed by atoms with E-state index in [1.54, 1.807) is 11.4 Å². The molecule has 0 atom stereocenters. The Balaban J connectivity index is 2.23. The molecule has 0 N–H and O–H groups in total. The molecule has 2 rings (SSSR count). The summed E-state index contributed by atoms with van der Waals surface area (Å²) >= 11 is 1.06. The minimum atomic E-state index is -3.63. The second-order valence-electron chi connectivity index (χ2n) is 3.62. The lowest BCUT2D eigenvalue weighted by Gasteiger charge is -2.01. The second kappa shape index (κ2) is 4.99. The minimum absolute atomic E-state index is 0.0649. The lowest BCUT2D eigenvalue weighted by molar-refractivity contribution is 0.102. The van der Waals surface area contributed by atoms with Gasteiger partial charge in [0.25, 0.3) is 0 Å². The third-order valence-corrected chi connectivity index (χ3v) is 5.37. The molecular formula is C12H9FO3S2. The third-order valence-electron chi connectivity index (χ3n) is 2.27. The molecule has 0 saturated heterocycles. The van der Waals surface area contributed by atoms with Crippen LogP contribution in [-0.2, 0) is 9.84 Å². The molecular weight excluding hydrogens is 275 g/mol. The minimum Gasteiger partial charge on any atom is -0.293 e. The summed E-state index contributed by atoms with van der Waals surface area (Å²) in [5.41, 5.74) is 0.0649. The lowest BCUT2D eigenvalue weighted by Crippen LogP contribution is -2.15. The third kappa shape index (κ3) is 2.83. The Morgan fingerprint density at radius 2 is 2.00 bits per heavy atom. The van der Waals surface area contributed by atoms with Gasteiger partial charge in [0.15, 0.2) is 15.6 Å². The highest BCUT2D eigenvalue weighted by Crippen LogP contribution is 2.18. The van der Waals surface area contributed by atoms with Gasteiger partial charge >= 0.3 is 0 Å². The summed E-state index contributed by atoms with van der Waals surface area (Å²) in [6.45, 7) is 0. The van der Waals surface area contributed by atoms with Gasteiger partial charge in [0.2, 0.25) is 0 Å². The zero-order valence-corrected chi connectivity index (χ0v) is 10.8. The Morgan fingerprint density at radius 1 is 1.22 bits per heavy atom. The number of hydrogen-bond acceptors (Lipinski definition) is 4. The summed E-state index contributed by atoms with van der Waals surface area (Å²) in [6, 6.07) is 8.05. The Kier molecular flexibility index (Phi) is 3.58.